The lowest BCUT2D eigenvalue weighted by molar-refractivity contribution is 0.0850. The topological polar surface area (TPSA) is 54.8 Å². The fourth-order valence-corrected chi connectivity index (χ4v) is 3.98. The third-order valence-electron chi connectivity index (χ3n) is 5.62. The molecule has 5 heteroatoms. The normalized spacial score (nSPS) is 20.6. The molecule has 2 aliphatic heterocycles. The zero-order valence-electron chi connectivity index (χ0n) is 15.7. The van der Waals surface area contributed by atoms with E-state index in [1.165, 1.54) is 24.8 Å². The maximum Gasteiger partial charge on any atom is 0.257 e. The van der Waals surface area contributed by atoms with Gasteiger partial charge in [0.2, 0.25) is 0 Å². The Hall–Kier alpha value is -2.11. The van der Waals surface area contributed by atoms with Crippen LogP contribution in [0.2, 0.25) is 0 Å². The molecule has 0 unspecified atom stereocenters. The van der Waals surface area contributed by atoms with Gasteiger partial charge in [-0.05, 0) is 68.0 Å². The first-order valence-corrected chi connectivity index (χ1v) is 9.98. The second-order valence-electron chi connectivity index (χ2n) is 7.55. The SMILES string of the molecule is OCCCC1CCN(Cc2ccc([C@H]3COc4cccnc4O3)cc2)CC1. The smallest absolute Gasteiger partial charge is 0.257 e. The Kier molecular flexibility index (Phi) is 5.90. The van der Waals surface area contributed by atoms with Gasteiger partial charge in [0.05, 0.1) is 0 Å². The van der Waals surface area contributed by atoms with Crippen LogP contribution in [0.5, 0.6) is 11.6 Å². The first kappa shape index (κ1) is 18.3. The highest BCUT2D eigenvalue weighted by Gasteiger charge is 2.23. The maximum atomic E-state index is 8.98. The number of ether oxygens (including phenoxy) is 2. The summed E-state index contributed by atoms with van der Waals surface area (Å²) in [5, 5.41) is 8.98. The summed E-state index contributed by atoms with van der Waals surface area (Å²) >= 11 is 0. The zero-order chi connectivity index (χ0) is 18.5. The predicted octanol–water partition coefficient (Wildman–Crippen LogP) is 3.58. The molecule has 5 nitrogen and oxygen atoms in total. The molecule has 1 N–H and O–H groups in total. The van der Waals surface area contributed by atoms with Crippen LogP contribution in [-0.4, -0.2) is 41.3 Å². The molecule has 144 valence electrons. The molecule has 4 rings (SSSR count). The van der Waals surface area contributed by atoms with Gasteiger partial charge in [0, 0.05) is 19.3 Å². The molecule has 2 aliphatic rings. The molecule has 1 fully saturated rings. The number of hydrogen-bond donors (Lipinski definition) is 1. The average Bonchev–Trinajstić information content (AvgIpc) is 2.73. The number of aliphatic hydroxyl groups is 1. The van der Waals surface area contributed by atoms with Gasteiger partial charge in [-0.2, -0.15) is 0 Å². The van der Waals surface area contributed by atoms with Crippen molar-refractivity contribution >= 4 is 0 Å². The third-order valence-corrected chi connectivity index (χ3v) is 5.62. The van der Waals surface area contributed by atoms with Crippen molar-refractivity contribution < 1.29 is 14.6 Å². The maximum absolute atomic E-state index is 8.98. The minimum absolute atomic E-state index is 0.108. The van der Waals surface area contributed by atoms with E-state index in [2.05, 4.69) is 34.1 Å². The number of pyridine rings is 1. The van der Waals surface area contributed by atoms with Crippen LogP contribution in [0.1, 0.15) is 42.9 Å². The molecular formula is C22H28N2O3. The van der Waals surface area contributed by atoms with Crippen molar-refractivity contribution in [3.63, 3.8) is 0 Å². The molecule has 0 spiro atoms. The number of piperidine rings is 1. The first-order valence-electron chi connectivity index (χ1n) is 9.98. The van der Waals surface area contributed by atoms with Crippen molar-refractivity contribution in [3.8, 4) is 11.6 Å². The summed E-state index contributed by atoms with van der Waals surface area (Å²) in [6.45, 7) is 4.14. The molecule has 0 aliphatic carbocycles. The Morgan fingerprint density at radius 3 is 2.70 bits per heavy atom. The molecule has 1 saturated heterocycles. The number of likely N-dealkylation sites (tertiary alicyclic amines) is 1. The summed E-state index contributed by atoms with van der Waals surface area (Å²) < 4.78 is 11.8. The molecular weight excluding hydrogens is 340 g/mol. The average molecular weight is 368 g/mol. The van der Waals surface area contributed by atoms with Crippen LogP contribution in [0.15, 0.2) is 42.6 Å². The van der Waals surface area contributed by atoms with Crippen LogP contribution in [-0.2, 0) is 6.54 Å². The van der Waals surface area contributed by atoms with Gasteiger partial charge in [0.25, 0.3) is 5.88 Å². The van der Waals surface area contributed by atoms with E-state index < -0.39 is 0 Å². The molecule has 27 heavy (non-hydrogen) atoms. The van der Waals surface area contributed by atoms with Gasteiger partial charge >= 0.3 is 0 Å². The highest BCUT2D eigenvalue weighted by atomic mass is 16.6. The summed E-state index contributed by atoms with van der Waals surface area (Å²) in [5.74, 6) is 2.07. The Labute approximate surface area is 160 Å². The van der Waals surface area contributed by atoms with Crippen LogP contribution >= 0.6 is 0 Å². The number of fused-ring (bicyclic) bond motifs is 1. The molecule has 0 bridgehead atoms. The van der Waals surface area contributed by atoms with Gasteiger partial charge in [0.15, 0.2) is 11.9 Å². The number of nitrogens with zero attached hydrogens (tertiary/aromatic N) is 2. The fourth-order valence-electron chi connectivity index (χ4n) is 3.98. The summed E-state index contributed by atoms with van der Waals surface area (Å²) in [5.41, 5.74) is 2.46. The zero-order valence-corrected chi connectivity index (χ0v) is 15.7. The van der Waals surface area contributed by atoms with E-state index in [1.54, 1.807) is 6.20 Å². The Bertz CT molecular complexity index is 727. The first-order chi connectivity index (χ1) is 13.3. The van der Waals surface area contributed by atoms with E-state index >= 15 is 0 Å². The van der Waals surface area contributed by atoms with Crippen molar-refractivity contribution in [2.45, 2.75) is 38.3 Å². The predicted molar refractivity (Wildman–Crippen MR) is 104 cm³/mol. The highest BCUT2D eigenvalue weighted by molar-refractivity contribution is 5.35. The quantitative estimate of drug-likeness (QED) is 0.845. The minimum atomic E-state index is -0.108. The monoisotopic (exact) mass is 368 g/mol. The standard InChI is InChI=1S/C22H28N2O3/c25-14-2-3-17-9-12-24(13-10-17)15-18-5-7-19(8-6-18)21-16-26-20-4-1-11-23-22(20)27-21/h1,4-8,11,17,21,25H,2-3,9-10,12-16H2/t21-/m1/s1. The van der Waals surface area contributed by atoms with Crippen molar-refractivity contribution in [2.24, 2.45) is 5.92 Å². The van der Waals surface area contributed by atoms with Gasteiger partial charge in [-0.25, -0.2) is 4.98 Å². The van der Waals surface area contributed by atoms with E-state index in [0.717, 1.165) is 37.5 Å². The lowest BCUT2D eigenvalue weighted by Crippen LogP contribution is -2.33. The number of benzene rings is 1. The molecule has 1 aromatic heterocycles. The van der Waals surface area contributed by atoms with Crippen molar-refractivity contribution in [3.05, 3.63) is 53.7 Å². The summed E-state index contributed by atoms with van der Waals surface area (Å²) in [7, 11) is 0. The molecule has 1 aromatic carbocycles. The largest absolute Gasteiger partial charge is 0.484 e. The van der Waals surface area contributed by atoms with Crippen molar-refractivity contribution in [1.82, 2.24) is 9.88 Å². The molecule has 0 saturated carbocycles. The van der Waals surface area contributed by atoms with Gasteiger partial charge < -0.3 is 14.6 Å². The molecule has 1 atom stereocenters. The number of hydrogen-bond acceptors (Lipinski definition) is 5. The highest BCUT2D eigenvalue weighted by Crippen LogP contribution is 2.34. The summed E-state index contributed by atoms with van der Waals surface area (Å²) in [6, 6.07) is 12.4. The molecule has 0 amide bonds. The summed E-state index contributed by atoms with van der Waals surface area (Å²) in [4.78, 5) is 6.78. The van der Waals surface area contributed by atoms with Gasteiger partial charge in [-0.3, -0.25) is 4.90 Å². The molecule has 0 radical (unpaired) electrons. The van der Waals surface area contributed by atoms with E-state index in [4.69, 9.17) is 14.6 Å². The molecule has 3 heterocycles. The molecule has 2 aromatic rings. The minimum Gasteiger partial charge on any atom is -0.484 e. The van der Waals surface area contributed by atoms with Gasteiger partial charge in [-0.15, -0.1) is 0 Å². The number of aromatic nitrogens is 1. The Balaban J connectivity index is 1.30. The van der Waals surface area contributed by atoms with Crippen molar-refractivity contribution in [1.29, 1.82) is 0 Å². The van der Waals surface area contributed by atoms with Crippen LogP contribution in [0.25, 0.3) is 0 Å². The van der Waals surface area contributed by atoms with E-state index in [1.807, 2.05) is 12.1 Å². The number of aliphatic hydroxyl groups excluding tert-OH is 1. The van der Waals surface area contributed by atoms with Crippen LogP contribution in [0.4, 0.5) is 0 Å². The Morgan fingerprint density at radius 1 is 1.11 bits per heavy atom. The number of rotatable bonds is 6. The van der Waals surface area contributed by atoms with E-state index in [-0.39, 0.29) is 6.10 Å². The fraction of sp³-hybridized carbons (Fsp3) is 0.500. The Morgan fingerprint density at radius 2 is 1.93 bits per heavy atom. The van der Waals surface area contributed by atoms with E-state index in [0.29, 0.717) is 24.8 Å². The third kappa shape index (κ3) is 4.60. The lowest BCUT2D eigenvalue weighted by Gasteiger charge is -2.32. The van der Waals surface area contributed by atoms with Crippen LogP contribution < -0.4 is 9.47 Å². The van der Waals surface area contributed by atoms with Gasteiger partial charge in [0.1, 0.15) is 6.61 Å². The van der Waals surface area contributed by atoms with Crippen LogP contribution in [0, 0.1) is 5.92 Å². The second-order valence-corrected chi connectivity index (χ2v) is 7.55. The lowest BCUT2D eigenvalue weighted by atomic mass is 9.92. The van der Waals surface area contributed by atoms with E-state index in [9.17, 15) is 0 Å². The second kappa shape index (κ2) is 8.72. The van der Waals surface area contributed by atoms with Gasteiger partial charge in [-0.1, -0.05) is 24.3 Å². The summed E-state index contributed by atoms with van der Waals surface area (Å²) in [6.07, 6.45) is 6.22. The van der Waals surface area contributed by atoms with Crippen LogP contribution in [0.3, 0.4) is 0 Å². The van der Waals surface area contributed by atoms with Crippen molar-refractivity contribution in [2.75, 3.05) is 26.3 Å².